The molecule has 0 radical (unpaired) electrons. The van der Waals surface area contributed by atoms with E-state index in [9.17, 15) is 9.59 Å². The average Bonchev–Trinajstić information content (AvgIpc) is 2.59. The standard InChI is InChI=1S/C10H11N3O3/c1-6(2)16-10(15)7-5-11-13-4-3-8(14)12-9(7)13/h3-6H,1-2H3,(H,12,14). The highest BCUT2D eigenvalue weighted by molar-refractivity contribution is 5.95. The first-order valence-electron chi connectivity index (χ1n) is 4.85. The van der Waals surface area contributed by atoms with Gasteiger partial charge in [0.05, 0.1) is 12.3 Å². The molecule has 2 aromatic rings. The summed E-state index contributed by atoms with van der Waals surface area (Å²) in [5, 5.41) is 3.93. The molecule has 0 saturated heterocycles. The minimum absolute atomic E-state index is 0.210. The number of rotatable bonds is 2. The van der Waals surface area contributed by atoms with Crippen LogP contribution in [0.5, 0.6) is 0 Å². The monoisotopic (exact) mass is 221 g/mol. The van der Waals surface area contributed by atoms with Gasteiger partial charge >= 0.3 is 5.97 Å². The zero-order chi connectivity index (χ0) is 11.7. The van der Waals surface area contributed by atoms with Gasteiger partial charge < -0.3 is 9.72 Å². The van der Waals surface area contributed by atoms with Crippen LogP contribution >= 0.6 is 0 Å². The highest BCUT2D eigenvalue weighted by Gasteiger charge is 2.15. The highest BCUT2D eigenvalue weighted by Crippen LogP contribution is 2.08. The summed E-state index contributed by atoms with van der Waals surface area (Å²) >= 11 is 0. The van der Waals surface area contributed by atoms with E-state index in [4.69, 9.17) is 4.74 Å². The number of esters is 1. The minimum atomic E-state index is -0.494. The average molecular weight is 221 g/mol. The fraction of sp³-hybridized carbons (Fsp3) is 0.300. The molecule has 2 heterocycles. The number of hydrogen-bond donors (Lipinski definition) is 1. The third-order valence-electron chi connectivity index (χ3n) is 1.97. The number of nitrogens with zero attached hydrogens (tertiary/aromatic N) is 2. The number of aromatic nitrogens is 3. The second-order valence-electron chi connectivity index (χ2n) is 3.61. The summed E-state index contributed by atoms with van der Waals surface area (Å²) in [6.07, 6.45) is 2.65. The Morgan fingerprint density at radius 2 is 2.31 bits per heavy atom. The highest BCUT2D eigenvalue weighted by atomic mass is 16.5. The Morgan fingerprint density at radius 3 is 3.00 bits per heavy atom. The molecule has 0 fully saturated rings. The maximum atomic E-state index is 11.6. The summed E-state index contributed by atoms with van der Waals surface area (Å²) < 4.78 is 6.44. The van der Waals surface area contributed by atoms with Gasteiger partial charge in [0.1, 0.15) is 5.56 Å². The zero-order valence-corrected chi connectivity index (χ0v) is 8.93. The van der Waals surface area contributed by atoms with Gasteiger partial charge in [0.15, 0.2) is 5.65 Å². The number of hydrogen-bond acceptors (Lipinski definition) is 4. The number of carbonyl (C=O) groups excluding carboxylic acids is 1. The molecule has 0 aliphatic heterocycles. The molecule has 0 unspecified atom stereocenters. The molecular formula is C10H11N3O3. The Hall–Kier alpha value is -2.11. The number of H-pyrrole nitrogens is 1. The maximum Gasteiger partial charge on any atom is 0.343 e. The van der Waals surface area contributed by atoms with Gasteiger partial charge in [-0.2, -0.15) is 5.10 Å². The van der Waals surface area contributed by atoms with Crippen LogP contribution in [-0.2, 0) is 4.74 Å². The van der Waals surface area contributed by atoms with Crippen molar-refractivity contribution in [3.8, 4) is 0 Å². The second-order valence-corrected chi connectivity index (χ2v) is 3.61. The van der Waals surface area contributed by atoms with Crippen molar-refractivity contribution in [2.45, 2.75) is 20.0 Å². The van der Waals surface area contributed by atoms with Gasteiger partial charge in [0, 0.05) is 12.3 Å². The molecule has 84 valence electrons. The lowest BCUT2D eigenvalue weighted by Gasteiger charge is -2.05. The minimum Gasteiger partial charge on any atom is -0.459 e. The molecule has 0 aromatic carbocycles. The largest absolute Gasteiger partial charge is 0.459 e. The van der Waals surface area contributed by atoms with Crippen molar-refractivity contribution in [3.63, 3.8) is 0 Å². The Balaban J connectivity index is 2.49. The third kappa shape index (κ3) is 1.81. The molecule has 2 rings (SSSR count). The van der Waals surface area contributed by atoms with Crippen LogP contribution in [0.3, 0.4) is 0 Å². The number of aromatic amines is 1. The van der Waals surface area contributed by atoms with Crippen LogP contribution in [0.4, 0.5) is 0 Å². The summed E-state index contributed by atoms with van der Waals surface area (Å²) in [5.41, 5.74) is 0.316. The SMILES string of the molecule is CC(C)OC(=O)c1cnn2ccc(=O)[nH]c12. The van der Waals surface area contributed by atoms with E-state index in [0.29, 0.717) is 5.65 Å². The van der Waals surface area contributed by atoms with E-state index in [1.165, 1.54) is 23.0 Å². The second kappa shape index (κ2) is 3.80. The molecule has 6 nitrogen and oxygen atoms in total. The van der Waals surface area contributed by atoms with Gasteiger partial charge in [-0.25, -0.2) is 9.31 Å². The predicted octanol–water partition coefficient (Wildman–Crippen LogP) is 0.588. The van der Waals surface area contributed by atoms with Gasteiger partial charge in [-0.15, -0.1) is 0 Å². The number of fused-ring (bicyclic) bond motifs is 1. The fourth-order valence-corrected chi connectivity index (χ4v) is 1.32. The van der Waals surface area contributed by atoms with Crippen molar-refractivity contribution in [3.05, 3.63) is 34.4 Å². The Labute approximate surface area is 90.9 Å². The first-order valence-corrected chi connectivity index (χ1v) is 4.85. The van der Waals surface area contributed by atoms with E-state index < -0.39 is 5.97 Å². The normalized spacial score (nSPS) is 10.9. The molecule has 0 spiro atoms. The van der Waals surface area contributed by atoms with Crippen molar-refractivity contribution < 1.29 is 9.53 Å². The molecule has 0 amide bonds. The molecule has 1 N–H and O–H groups in total. The maximum absolute atomic E-state index is 11.6. The molecule has 2 aromatic heterocycles. The van der Waals surface area contributed by atoms with Crippen LogP contribution in [0.2, 0.25) is 0 Å². The van der Waals surface area contributed by atoms with Crippen molar-refractivity contribution >= 4 is 11.6 Å². The molecule has 0 atom stereocenters. The number of nitrogens with one attached hydrogen (secondary N) is 1. The molecule has 0 aliphatic carbocycles. The van der Waals surface area contributed by atoms with E-state index in [2.05, 4.69) is 10.1 Å². The Morgan fingerprint density at radius 1 is 1.56 bits per heavy atom. The van der Waals surface area contributed by atoms with Crippen molar-refractivity contribution in [2.24, 2.45) is 0 Å². The summed E-state index contributed by atoms with van der Waals surface area (Å²) in [4.78, 5) is 25.3. The quantitative estimate of drug-likeness (QED) is 0.753. The van der Waals surface area contributed by atoms with E-state index in [1.54, 1.807) is 13.8 Å². The zero-order valence-electron chi connectivity index (χ0n) is 8.93. The first-order chi connectivity index (χ1) is 7.58. The van der Waals surface area contributed by atoms with Gasteiger partial charge in [-0.3, -0.25) is 4.79 Å². The van der Waals surface area contributed by atoms with Crippen LogP contribution in [0.15, 0.2) is 23.3 Å². The fourth-order valence-electron chi connectivity index (χ4n) is 1.32. The molecule has 0 aliphatic rings. The van der Waals surface area contributed by atoms with Crippen LogP contribution < -0.4 is 5.56 Å². The van der Waals surface area contributed by atoms with E-state index >= 15 is 0 Å². The van der Waals surface area contributed by atoms with E-state index in [1.807, 2.05) is 0 Å². The van der Waals surface area contributed by atoms with Crippen LogP contribution in [0.1, 0.15) is 24.2 Å². The summed E-state index contributed by atoms with van der Waals surface area (Å²) in [6.45, 7) is 3.51. The molecule has 0 bridgehead atoms. The smallest absolute Gasteiger partial charge is 0.343 e. The molecular weight excluding hydrogens is 210 g/mol. The van der Waals surface area contributed by atoms with Crippen LogP contribution in [-0.4, -0.2) is 26.7 Å². The summed E-state index contributed by atoms with van der Waals surface area (Å²) in [7, 11) is 0. The van der Waals surface area contributed by atoms with Crippen molar-refractivity contribution in [1.82, 2.24) is 14.6 Å². The van der Waals surface area contributed by atoms with Gasteiger partial charge in [0.25, 0.3) is 5.56 Å². The van der Waals surface area contributed by atoms with Gasteiger partial charge in [0.2, 0.25) is 0 Å². The lowest BCUT2D eigenvalue weighted by molar-refractivity contribution is 0.0380. The Bertz CT molecular complexity index is 582. The third-order valence-corrected chi connectivity index (χ3v) is 1.97. The Kier molecular flexibility index (Phi) is 2.47. The van der Waals surface area contributed by atoms with Crippen LogP contribution in [0, 0.1) is 0 Å². The first kappa shape index (κ1) is 10.4. The van der Waals surface area contributed by atoms with Crippen LogP contribution in [0.25, 0.3) is 5.65 Å². The predicted molar refractivity (Wildman–Crippen MR) is 56.4 cm³/mol. The van der Waals surface area contributed by atoms with Gasteiger partial charge in [-0.1, -0.05) is 0 Å². The molecule has 0 saturated carbocycles. The summed E-state index contributed by atoms with van der Waals surface area (Å²) in [5.74, 6) is -0.494. The van der Waals surface area contributed by atoms with Gasteiger partial charge in [-0.05, 0) is 13.8 Å². The van der Waals surface area contributed by atoms with E-state index in [-0.39, 0.29) is 17.2 Å². The van der Waals surface area contributed by atoms with Crippen molar-refractivity contribution in [1.29, 1.82) is 0 Å². The molecule has 6 heteroatoms. The lowest BCUT2D eigenvalue weighted by atomic mass is 10.3. The summed E-state index contributed by atoms with van der Waals surface area (Å²) in [6, 6.07) is 1.33. The van der Waals surface area contributed by atoms with Crippen molar-refractivity contribution in [2.75, 3.05) is 0 Å². The topological polar surface area (TPSA) is 76.5 Å². The number of ether oxygens (including phenoxy) is 1. The number of carbonyl (C=O) groups is 1. The lowest BCUT2D eigenvalue weighted by Crippen LogP contribution is -2.13. The molecule has 16 heavy (non-hydrogen) atoms. The van der Waals surface area contributed by atoms with E-state index in [0.717, 1.165) is 0 Å².